The first-order chi connectivity index (χ1) is 10.3. The molecular weight excluding hydrogens is 264 g/mol. The van der Waals surface area contributed by atoms with Crippen LogP contribution in [-0.2, 0) is 0 Å². The van der Waals surface area contributed by atoms with Crippen molar-refractivity contribution in [1.29, 1.82) is 0 Å². The lowest BCUT2D eigenvalue weighted by Gasteiger charge is -2.22. The molecule has 0 saturated heterocycles. The molecule has 0 spiro atoms. The number of hydrogen-bond acceptors (Lipinski definition) is 4. The van der Waals surface area contributed by atoms with Crippen LogP contribution in [0.5, 0.6) is 0 Å². The molecule has 1 N–H and O–H groups in total. The van der Waals surface area contributed by atoms with Crippen LogP contribution in [0.2, 0.25) is 0 Å². The zero-order valence-corrected chi connectivity index (χ0v) is 12.4. The summed E-state index contributed by atoms with van der Waals surface area (Å²) in [7, 11) is 1.75. The number of para-hydroxylation sites is 1. The van der Waals surface area contributed by atoms with E-state index in [-0.39, 0.29) is 5.91 Å². The minimum Gasteiger partial charge on any atom is -0.372 e. The zero-order chi connectivity index (χ0) is 15.1. The van der Waals surface area contributed by atoms with Gasteiger partial charge in [0.05, 0.1) is 12.4 Å². The molecule has 5 nitrogen and oxygen atoms in total. The first-order valence-electron chi connectivity index (χ1n) is 7.13. The molecule has 0 aliphatic heterocycles. The first-order valence-corrected chi connectivity index (χ1v) is 7.13. The van der Waals surface area contributed by atoms with E-state index in [0.29, 0.717) is 18.1 Å². The number of hydrogen-bond donors (Lipinski definition) is 1. The fourth-order valence-corrected chi connectivity index (χ4v) is 2.00. The molecule has 1 heterocycles. The van der Waals surface area contributed by atoms with Gasteiger partial charge < -0.3 is 10.2 Å². The maximum atomic E-state index is 12.7. The van der Waals surface area contributed by atoms with Crippen LogP contribution in [0.25, 0.3) is 0 Å². The summed E-state index contributed by atoms with van der Waals surface area (Å²) < 4.78 is 0. The van der Waals surface area contributed by atoms with Crippen LogP contribution in [0.1, 0.15) is 30.3 Å². The number of carbonyl (C=O) groups is 1. The van der Waals surface area contributed by atoms with Crippen LogP contribution in [0.4, 0.5) is 11.5 Å². The summed E-state index contributed by atoms with van der Waals surface area (Å²) >= 11 is 0. The minimum atomic E-state index is -0.126. The summed E-state index contributed by atoms with van der Waals surface area (Å²) in [6, 6.07) is 9.66. The number of rotatable bonds is 6. The van der Waals surface area contributed by atoms with Crippen LogP contribution >= 0.6 is 0 Å². The number of nitrogens with one attached hydrogen (secondary N) is 1. The SMILES string of the molecule is CCCCN(C(=O)c1cncc(NC)n1)c1ccccc1. The Morgan fingerprint density at radius 3 is 2.67 bits per heavy atom. The van der Waals surface area contributed by atoms with Crippen LogP contribution in [0.15, 0.2) is 42.7 Å². The summed E-state index contributed by atoms with van der Waals surface area (Å²) in [5.74, 6) is 0.462. The van der Waals surface area contributed by atoms with Gasteiger partial charge in [-0.3, -0.25) is 9.78 Å². The summed E-state index contributed by atoms with van der Waals surface area (Å²) in [4.78, 5) is 22.8. The van der Waals surface area contributed by atoms with E-state index >= 15 is 0 Å². The van der Waals surface area contributed by atoms with Gasteiger partial charge in [0.1, 0.15) is 11.5 Å². The van der Waals surface area contributed by atoms with Gasteiger partial charge in [0.25, 0.3) is 5.91 Å². The first kappa shape index (κ1) is 15.0. The molecule has 2 aromatic rings. The average Bonchev–Trinajstić information content (AvgIpc) is 2.56. The molecule has 0 radical (unpaired) electrons. The number of anilines is 2. The van der Waals surface area contributed by atoms with E-state index in [4.69, 9.17) is 0 Å². The summed E-state index contributed by atoms with van der Waals surface area (Å²) in [5.41, 5.74) is 1.23. The van der Waals surface area contributed by atoms with E-state index < -0.39 is 0 Å². The lowest BCUT2D eigenvalue weighted by atomic mass is 10.2. The quantitative estimate of drug-likeness (QED) is 0.886. The largest absolute Gasteiger partial charge is 0.372 e. The number of unbranched alkanes of at least 4 members (excludes halogenated alkanes) is 1. The molecular formula is C16H20N4O. The van der Waals surface area contributed by atoms with Gasteiger partial charge in [0, 0.05) is 19.3 Å². The maximum Gasteiger partial charge on any atom is 0.278 e. The van der Waals surface area contributed by atoms with Crippen molar-refractivity contribution in [3.05, 3.63) is 48.4 Å². The molecule has 0 saturated carbocycles. The molecule has 1 aromatic heterocycles. The van der Waals surface area contributed by atoms with Crippen molar-refractivity contribution in [2.75, 3.05) is 23.8 Å². The van der Waals surface area contributed by atoms with Gasteiger partial charge in [-0.2, -0.15) is 0 Å². The Bertz CT molecular complexity index is 586. The number of carbonyl (C=O) groups excluding carboxylic acids is 1. The van der Waals surface area contributed by atoms with Crippen LogP contribution in [0.3, 0.4) is 0 Å². The predicted molar refractivity (Wildman–Crippen MR) is 84.6 cm³/mol. The summed E-state index contributed by atoms with van der Waals surface area (Å²) in [6.45, 7) is 2.78. The van der Waals surface area contributed by atoms with Gasteiger partial charge in [-0.05, 0) is 18.6 Å². The van der Waals surface area contributed by atoms with E-state index in [9.17, 15) is 4.79 Å². The molecule has 1 aromatic carbocycles. The number of amides is 1. The fourth-order valence-electron chi connectivity index (χ4n) is 2.00. The van der Waals surface area contributed by atoms with E-state index in [2.05, 4.69) is 22.2 Å². The topological polar surface area (TPSA) is 58.1 Å². The van der Waals surface area contributed by atoms with Gasteiger partial charge in [0.2, 0.25) is 0 Å². The molecule has 2 rings (SSSR count). The second kappa shape index (κ2) is 7.38. The molecule has 110 valence electrons. The Labute approximate surface area is 125 Å². The van der Waals surface area contributed by atoms with Crippen LogP contribution in [0, 0.1) is 0 Å². The number of nitrogens with zero attached hydrogens (tertiary/aromatic N) is 3. The van der Waals surface area contributed by atoms with E-state index in [0.717, 1.165) is 18.5 Å². The van der Waals surface area contributed by atoms with Crippen molar-refractivity contribution in [1.82, 2.24) is 9.97 Å². The molecule has 0 unspecified atom stereocenters. The van der Waals surface area contributed by atoms with Crippen molar-refractivity contribution >= 4 is 17.4 Å². The lowest BCUT2D eigenvalue weighted by Crippen LogP contribution is -2.32. The fraction of sp³-hybridized carbons (Fsp3) is 0.312. The standard InChI is InChI=1S/C16H20N4O/c1-3-4-10-20(13-8-6-5-7-9-13)16(21)14-11-18-12-15(17-2)19-14/h5-9,11-12H,3-4,10H2,1-2H3,(H,17,19). The highest BCUT2D eigenvalue weighted by Gasteiger charge is 2.19. The van der Waals surface area contributed by atoms with Crippen molar-refractivity contribution in [3.8, 4) is 0 Å². The Morgan fingerprint density at radius 1 is 1.24 bits per heavy atom. The second-order valence-electron chi connectivity index (χ2n) is 4.69. The Kier molecular flexibility index (Phi) is 5.26. The third kappa shape index (κ3) is 3.78. The van der Waals surface area contributed by atoms with Gasteiger partial charge in [-0.15, -0.1) is 0 Å². The monoisotopic (exact) mass is 284 g/mol. The highest BCUT2D eigenvalue weighted by Crippen LogP contribution is 2.17. The Hall–Kier alpha value is -2.43. The third-order valence-electron chi connectivity index (χ3n) is 3.16. The normalized spacial score (nSPS) is 10.2. The lowest BCUT2D eigenvalue weighted by molar-refractivity contribution is 0.0981. The molecule has 21 heavy (non-hydrogen) atoms. The van der Waals surface area contributed by atoms with E-state index in [1.165, 1.54) is 6.20 Å². The number of aromatic nitrogens is 2. The second-order valence-corrected chi connectivity index (χ2v) is 4.69. The van der Waals surface area contributed by atoms with Crippen LogP contribution < -0.4 is 10.2 Å². The van der Waals surface area contributed by atoms with Gasteiger partial charge >= 0.3 is 0 Å². The molecule has 0 fully saturated rings. The Morgan fingerprint density at radius 2 is 2.00 bits per heavy atom. The smallest absolute Gasteiger partial charge is 0.278 e. The number of benzene rings is 1. The summed E-state index contributed by atoms with van der Waals surface area (Å²) in [6.07, 6.45) is 5.07. The highest BCUT2D eigenvalue weighted by molar-refractivity contribution is 6.04. The van der Waals surface area contributed by atoms with Gasteiger partial charge in [-0.1, -0.05) is 31.5 Å². The van der Waals surface area contributed by atoms with Gasteiger partial charge in [-0.25, -0.2) is 4.98 Å². The molecule has 0 aliphatic rings. The highest BCUT2D eigenvalue weighted by atomic mass is 16.2. The van der Waals surface area contributed by atoms with Crippen molar-refractivity contribution in [2.24, 2.45) is 0 Å². The van der Waals surface area contributed by atoms with Crippen molar-refractivity contribution in [3.63, 3.8) is 0 Å². The maximum absolute atomic E-state index is 12.7. The third-order valence-corrected chi connectivity index (χ3v) is 3.16. The van der Waals surface area contributed by atoms with Crippen molar-refractivity contribution < 1.29 is 4.79 Å². The summed E-state index contributed by atoms with van der Waals surface area (Å²) in [5, 5.41) is 2.90. The molecule has 1 amide bonds. The Balaban J connectivity index is 2.29. The molecule has 5 heteroatoms. The molecule has 0 bridgehead atoms. The van der Waals surface area contributed by atoms with Gasteiger partial charge in [0.15, 0.2) is 0 Å². The van der Waals surface area contributed by atoms with E-state index in [1.807, 2.05) is 30.3 Å². The van der Waals surface area contributed by atoms with Crippen molar-refractivity contribution in [2.45, 2.75) is 19.8 Å². The van der Waals surface area contributed by atoms with Crippen LogP contribution in [-0.4, -0.2) is 29.5 Å². The minimum absolute atomic E-state index is 0.126. The molecule has 0 aliphatic carbocycles. The zero-order valence-electron chi connectivity index (χ0n) is 12.4. The molecule has 0 atom stereocenters. The predicted octanol–water partition coefficient (Wildman–Crippen LogP) is 2.97. The van der Waals surface area contributed by atoms with E-state index in [1.54, 1.807) is 18.1 Å². The average molecular weight is 284 g/mol.